The van der Waals surface area contributed by atoms with E-state index in [0.29, 0.717) is 26.1 Å². The molecule has 1 saturated heterocycles. The van der Waals surface area contributed by atoms with E-state index in [2.05, 4.69) is 0 Å². The summed E-state index contributed by atoms with van der Waals surface area (Å²) in [5, 5.41) is 1.67. The van der Waals surface area contributed by atoms with Crippen molar-refractivity contribution >= 4 is 14.5 Å². The number of carbonyl (C=O) groups is 1. The first-order valence-electron chi connectivity index (χ1n) is 6.15. The second kappa shape index (κ2) is 6.52. The third-order valence-electron chi connectivity index (χ3n) is 2.85. The van der Waals surface area contributed by atoms with Gasteiger partial charge < -0.3 is 14.2 Å². The Morgan fingerprint density at radius 3 is 1.90 bits per heavy atom. The molecule has 1 amide bonds. The molecule has 0 aliphatic carbocycles. The number of hydrogen-bond donors (Lipinski definition) is 1. The van der Waals surface area contributed by atoms with Crippen molar-refractivity contribution in [3.63, 3.8) is 0 Å². The smallest absolute Gasteiger partial charge is 0.393 e. The number of nitrogens with one attached hydrogen (secondary N) is 1. The van der Waals surface area contributed by atoms with E-state index in [1.165, 1.54) is 6.55 Å². The van der Waals surface area contributed by atoms with Crippen molar-refractivity contribution in [3.8, 4) is 0 Å². The van der Waals surface area contributed by atoms with Gasteiger partial charge >= 0.3 is 20.9 Å². The van der Waals surface area contributed by atoms with Crippen molar-refractivity contribution in [2.75, 3.05) is 19.4 Å². The average molecular weight is 339 g/mol. The predicted molar refractivity (Wildman–Crippen MR) is 61.4 cm³/mol. The second-order valence-electron chi connectivity index (χ2n) is 4.77. The number of halogens is 6. The molecule has 1 fully saturated rings. The van der Waals surface area contributed by atoms with Crippen LogP contribution in [0.1, 0.15) is 12.8 Å². The number of rotatable bonds is 3. The molecule has 0 atom stereocenters. The molecule has 1 aliphatic heterocycles. The lowest BCUT2D eigenvalue weighted by Gasteiger charge is -2.27. The fourth-order valence-electron chi connectivity index (χ4n) is 1.76. The standard InChI is InChI=1S/C10H15F6NO3Si/c1-21(19-4-2-3-5-20-21)6-17-8(18)7(9(11,12)13)10(14,15)16/h7H,2-6H2,1H3,(H,17,18). The summed E-state index contributed by atoms with van der Waals surface area (Å²) in [6.45, 7) is 2.09. The lowest BCUT2D eigenvalue weighted by atomic mass is 10.1. The minimum absolute atomic E-state index is 0.306. The normalized spacial score (nSPS) is 20.2. The Hall–Kier alpha value is -0.813. The second-order valence-corrected chi connectivity index (χ2v) is 7.97. The van der Waals surface area contributed by atoms with Gasteiger partial charge in [0, 0.05) is 13.2 Å². The maximum atomic E-state index is 12.4. The third-order valence-corrected chi connectivity index (χ3v) is 5.30. The highest BCUT2D eigenvalue weighted by Crippen LogP contribution is 2.39. The van der Waals surface area contributed by atoms with Crippen LogP contribution in [0.5, 0.6) is 0 Å². The van der Waals surface area contributed by atoms with E-state index in [4.69, 9.17) is 8.85 Å². The fourth-order valence-corrected chi connectivity index (χ4v) is 3.69. The lowest BCUT2D eigenvalue weighted by molar-refractivity contribution is -0.274. The molecule has 0 unspecified atom stereocenters. The first-order valence-corrected chi connectivity index (χ1v) is 8.67. The monoisotopic (exact) mass is 339 g/mol. The van der Waals surface area contributed by atoms with Gasteiger partial charge in [0.25, 0.3) is 0 Å². The molecule has 1 heterocycles. The van der Waals surface area contributed by atoms with Gasteiger partial charge in [-0.1, -0.05) is 0 Å². The highest BCUT2D eigenvalue weighted by atomic mass is 28.4. The number of alkyl halides is 6. The van der Waals surface area contributed by atoms with Crippen LogP contribution in [-0.4, -0.2) is 46.2 Å². The van der Waals surface area contributed by atoms with Gasteiger partial charge in [0.2, 0.25) is 11.8 Å². The van der Waals surface area contributed by atoms with Crippen molar-refractivity contribution in [1.82, 2.24) is 5.32 Å². The molecule has 0 aromatic carbocycles. The first kappa shape index (κ1) is 18.2. The van der Waals surface area contributed by atoms with E-state index in [9.17, 15) is 31.1 Å². The van der Waals surface area contributed by atoms with Gasteiger partial charge in [0.05, 0.1) is 6.17 Å². The number of carbonyl (C=O) groups excluding carboxylic acids is 1. The quantitative estimate of drug-likeness (QED) is 0.634. The highest BCUT2D eigenvalue weighted by molar-refractivity contribution is 6.66. The molecule has 0 spiro atoms. The molecule has 1 aliphatic rings. The van der Waals surface area contributed by atoms with Gasteiger partial charge in [-0.3, -0.25) is 4.79 Å². The average Bonchev–Trinajstić information content (AvgIpc) is 2.48. The number of hydrogen-bond acceptors (Lipinski definition) is 3. The summed E-state index contributed by atoms with van der Waals surface area (Å²) in [7, 11) is -2.98. The summed E-state index contributed by atoms with van der Waals surface area (Å²) >= 11 is 0. The van der Waals surface area contributed by atoms with Crippen LogP contribution in [0.15, 0.2) is 0 Å². The van der Waals surface area contributed by atoms with Crippen molar-refractivity contribution in [1.29, 1.82) is 0 Å². The van der Waals surface area contributed by atoms with Crippen molar-refractivity contribution in [2.24, 2.45) is 5.92 Å². The fraction of sp³-hybridized carbons (Fsp3) is 0.900. The minimum Gasteiger partial charge on any atom is -0.393 e. The lowest BCUT2D eigenvalue weighted by Crippen LogP contribution is -2.54. The van der Waals surface area contributed by atoms with Crippen molar-refractivity contribution < 1.29 is 40.0 Å². The zero-order chi connectivity index (χ0) is 16.3. The van der Waals surface area contributed by atoms with Gasteiger partial charge in [0.1, 0.15) is 0 Å². The Balaban J connectivity index is 2.70. The van der Waals surface area contributed by atoms with Crippen LogP contribution in [0.4, 0.5) is 26.3 Å². The van der Waals surface area contributed by atoms with Gasteiger partial charge in [0.15, 0.2) is 0 Å². The predicted octanol–water partition coefficient (Wildman–Crippen LogP) is 2.28. The van der Waals surface area contributed by atoms with Crippen LogP contribution in [-0.2, 0) is 13.6 Å². The summed E-state index contributed by atoms with van der Waals surface area (Å²) in [6, 6.07) is 0. The molecule has 0 aromatic heterocycles. The van der Waals surface area contributed by atoms with Crippen LogP contribution in [0, 0.1) is 5.92 Å². The molecule has 4 nitrogen and oxygen atoms in total. The molecule has 1 rings (SSSR count). The summed E-state index contributed by atoms with van der Waals surface area (Å²) in [4.78, 5) is 11.3. The van der Waals surface area contributed by atoms with Gasteiger partial charge in [-0.2, -0.15) is 26.3 Å². The molecule has 0 aromatic rings. The Kier molecular flexibility index (Phi) is 5.67. The Morgan fingerprint density at radius 1 is 1.10 bits per heavy atom. The van der Waals surface area contributed by atoms with E-state index >= 15 is 0 Å². The topological polar surface area (TPSA) is 47.6 Å². The maximum Gasteiger partial charge on any atom is 0.409 e. The van der Waals surface area contributed by atoms with Crippen molar-refractivity contribution in [2.45, 2.75) is 31.7 Å². The zero-order valence-corrected chi connectivity index (χ0v) is 12.1. The van der Waals surface area contributed by atoms with E-state index in [0.717, 1.165) is 0 Å². The third kappa shape index (κ3) is 5.47. The van der Waals surface area contributed by atoms with E-state index in [1.54, 1.807) is 5.32 Å². The van der Waals surface area contributed by atoms with Crippen LogP contribution in [0.2, 0.25) is 6.55 Å². The molecule has 1 N–H and O–H groups in total. The van der Waals surface area contributed by atoms with Crippen LogP contribution in [0.3, 0.4) is 0 Å². The Morgan fingerprint density at radius 2 is 1.52 bits per heavy atom. The summed E-state index contributed by atoms with van der Waals surface area (Å²) < 4.78 is 84.8. The maximum absolute atomic E-state index is 12.4. The molecule has 0 radical (unpaired) electrons. The van der Waals surface area contributed by atoms with Gasteiger partial charge in [-0.05, 0) is 19.4 Å². The molecular weight excluding hydrogens is 324 g/mol. The van der Waals surface area contributed by atoms with Gasteiger partial charge in [-0.25, -0.2) is 0 Å². The van der Waals surface area contributed by atoms with Crippen molar-refractivity contribution in [3.05, 3.63) is 0 Å². The van der Waals surface area contributed by atoms with Crippen LogP contribution >= 0.6 is 0 Å². The van der Waals surface area contributed by atoms with E-state index in [-0.39, 0.29) is 0 Å². The molecular formula is C10H15F6NO3Si. The Bertz CT molecular complexity index is 351. The van der Waals surface area contributed by atoms with Crippen LogP contribution < -0.4 is 5.32 Å². The van der Waals surface area contributed by atoms with Gasteiger partial charge in [-0.15, -0.1) is 0 Å². The molecule has 124 valence electrons. The van der Waals surface area contributed by atoms with E-state index in [1.807, 2.05) is 0 Å². The number of amides is 1. The van der Waals surface area contributed by atoms with E-state index < -0.39 is 38.9 Å². The summed E-state index contributed by atoms with van der Waals surface area (Å²) in [5.41, 5.74) is 0. The zero-order valence-electron chi connectivity index (χ0n) is 11.1. The molecule has 0 bridgehead atoms. The molecule has 0 saturated carbocycles. The Labute approximate surface area is 118 Å². The SMILES string of the molecule is C[Si]1(CNC(=O)C(C(F)(F)F)C(F)(F)F)OCCCCO1. The molecule has 11 heteroatoms. The van der Waals surface area contributed by atoms with Crippen LogP contribution in [0.25, 0.3) is 0 Å². The largest absolute Gasteiger partial charge is 0.409 e. The minimum atomic E-state index is -5.70. The molecule has 21 heavy (non-hydrogen) atoms. The summed E-state index contributed by atoms with van der Waals surface area (Å²) in [6.07, 6.45) is -10.5. The highest BCUT2D eigenvalue weighted by Gasteiger charge is 2.61. The first-order chi connectivity index (χ1) is 9.46. The summed E-state index contributed by atoms with van der Waals surface area (Å²) in [5.74, 6) is -6.19.